The number of carbonyl (C=O) groups excluding carboxylic acids is 1. The Hall–Kier alpha value is -1.47. The van der Waals surface area contributed by atoms with Crippen LogP contribution in [0.15, 0.2) is 0 Å². The molecule has 1 aromatic heterocycles. The van der Waals surface area contributed by atoms with Gasteiger partial charge in [0.15, 0.2) is 0 Å². The SMILES string of the molecule is CCCc1nc(C(=O)N2CCN(C3CNC3)CC2)n[nH]1. The van der Waals surface area contributed by atoms with Crippen LogP contribution < -0.4 is 5.32 Å². The molecule has 2 N–H and O–H groups in total. The third kappa shape index (κ3) is 2.69. The van der Waals surface area contributed by atoms with Crippen molar-refractivity contribution in [2.45, 2.75) is 25.8 Å². The number of carbonyl (C=O) groups is 1. The molecule has 0 spiro atoms. The lowest BCUT2D eigenvalue weighted by Crippen LogP contribution is -2.62. The van der Waals surface area contributed by atoms with Crippen LogP contribution in [0.25, 0.3) is 0 Å². The minimum absolute atomic E-state index is 0.0463. The summed E-state index contributed by atoms with van der Waals surface area (Å²) in [6.07, 6.45) is 1.83. The number of nitrogens with one attached hydrogen (secondary N) is 2. The number of amides is 1. The van der Waals surface area contributed by atoms with Crippen LogP contribution in [-0.2, 0) is 6.42 Å². The summed E-state index contributed by atoms with van der Waals surface area (Å²) < 4.78 is 0. The number of aryl methyl sites for hydroxylation is 1. The maximum Gasteiger partial charge on any atom is 0.293 e. The molecule has 0 atom stereocenters. The number of aromatic amines is 1. The second-order valence-electron chi connectivity index (χ2n) is 5.50. The van der Waals surface area contributed by atoms with E-state index in [1.165, 1.54) is 0 Å². The molecule has 1 aromatic rings. The Labute approximate surface area is 118 Å². The van der Waals surface area contributed by atoms with E-state index in [9.17, 15) is 4.79 Å². The van der Waals surface area contributed by atoms with Crippen molar-refractivity contribution in [3.05, 3.63) is 11.6 Å². The van der Waals surface area contributed by atoms with Gasteiger partial charge in [0.05, 0.1) is 0 Å². The predicted molar refractivity (Wildman–Crippen MR) is 74.5 cm³/mol. The molecule has 3 heterocycles. The smallest absolute Gasteiger partial charge is 0.293 e. The fourth-order valence-corrected chi connectivity index (χ4v) is 2.70. The average Bonchev–Trinajstić information content (AvgIpc) is 2.86. The summed E-state index contributed by atoms with van der Waals surface area (Å²) in [6, 6.07) is 0.659. The zero-order valence-electron chi connectivity index (χ0n) is 11.9. The number of H-pyrrole nitrogens is 1. The van der Waals surface area contributed by atoms with Crippen LogP contribution in [0.1, 0.15) is 29.8 Å². The highest BCUT2D eigenvalue weighted by atomic mass is 16.2. The quantitative estimate of drug-likeness (QED) is 0.775. The lowest BCUT2D eigenvalue weighted by atomic mass is 10.1. The van der Waals surface area contributed by atoms with Crippen LogP contribution in [-0.4, -0.2) is 76.2 Å². The zero-order chi connectivity index (χ0) is 13.9. The molecule has 7 nitrogen and oxygen atoms in total. The van der Waals surface area contributed by atoms with Crippen LogP contribution in [0.2, 0.25) is 0 Å². The van der Waals surface area contributed by atoms with E-state index in [1.807, 2.05) is 4.90 Å². The van der Waals surface area contributed by atoms with Crippen LogP contribution >= 0.6 is 0 Å². The first-order chi connectivity index (χ1) is 9.78. The van der Waals surface area contributed by atoms with E-state index in [1.54, 1.807) is 0 Å². The lowest BCUT2D eigenvalue weighted by Gasteiger charge is -2.43. The van der Waals surface area contributed by atoms with E-state index in [4.69, 9.17) is 0 Å². The van der Waals surface area contributed by atoms with Gasteiger partial charge in [0, 0.05) is 51.7 Å². The molecule has 0 unspecified atom stereocenters. The first-order valence-electron chi connectivity index (χ1n) is 7.43. The molecule has 0 aromatic carbocycles. The number of aromatic nitrogens is 3. The maximum atomic E-state index is 12.3. The number of nitrogens with zero attached hydrogens (tertiary/aromatic N) is 4. The van der Waals surface area contributed by atoms with Crippen molar-refractivity contribution in [1.82, 2.24) is 30.3 Å². The van der Waals surface area contributed by atoms with Gasteiger partial charge in [0.2, 0.25) is 5.82 Å². The van der Waals surface area contributed by atoms with Crippen LogP contribution in [0, 0.1) is 0 Å². The van der Waals surface area contributed by atoms with Gasteiger partial charge in [-0.3, -0.25) is 14.8 Å². The topological polar surface area (TPSA) is 77.2 Å². The molecule has 20 heavy (non-hydrogen) atoms. The van der Waals surface area contributed by atoms with Gasteiger partial charge in [-0.2, -0.15) is 0 Å². The summed E-state index contributed by atoms with van der Waals surface area (Å²) in [7, 11) is 0. The monoisotopic (exact) mass is 278 g/mol. The molecule has 0 bridgehead atoms. The molecular formula is C13H22N6O. The fourth-order valence-electron chi connectivity index (χ4n) is 2.70. The average molecular weight is 278 g/mol. The Balaban J connectivity index is 1.54. The van der Waals surface area contributed by atoms with Crippen molar-refractivity contribution in [3.8, 4) is 0 Å². The van der Waals surface area contributed by atoms with Gasteiger partial charge in [0.1, 0.15) is 5.82 Å². The highest BCUT2D eigenvalue weighted by molar-refractivity contribution is 5.90. The molecule has 0 radical (unpaired) electrons. The van der Waals surface area contributed by atoms with E-state index in [0.29, 0.717) is 11.9 Å². The Morgan fingerprint density at radius 1 is 1.30 bits per heavy atom. The molecule has 3 rings (SSSR count). The number of rotatable bonds is 4. The van der Waals surface area contributed by atoms with Gasteiger partial charge in [-0.25, -0.2) is 4.98 Å². The minimum Gasteiger partial charge on any atom is -0.333 e. The summed E-state index contributed by atoms with van der Waals surface area (Å²) in [5, 5.41) is 10.2. The number of hydrogen-bond donors (Lipinski definition) is 2. The first kappa shape index (κ1) is 13.5. The van der Waals surface area contributed by atoms with Crippen LogP contribution in [0.4, 0.5) is 0 Å². The van der Waals surface area contributed by atoms with E-state index in [2.05, 4.69) is 32.3 Å². The molecule has 110 valence electrons. The summed E-state index contributed by atoms with van der Waals surface area (Å²) in [6.45, 7) is 7.68. The lowest BCUT2D eigenvalue weighted by molar-refractivity contribution is 0.0492. The summed E-state index contributed by atoms with van der Waals surface area (Å²) in [4.78, 5) is 20.9. The summed E-state index contributed by atoms with van der Waals surface area (Å²) in [5.41, 5.74) is 0. The summed E-state index contributed by atoms with van der Waals surface area (Å²) >= 11 is 0. The molecule has 1 amide bonds. The summed E-state index contributed by atoms with van der Waals surface area (Å²) in [5.74, 6) is 1.07. The van der Waals surface area contributed by atoms with Crippen molar-refractivity contribution >= 4 is 5.91 Å². The van der Waals surface area contributed by atoms with Gasteiger partial charge in [-0.1, -0.05) is 6.92 Å². The van der Waals surface area contributed by atoms with Crippen molar-refractivity contribution in [2.75, 3.05) is 39.3 Å². The Bertz CT molecular complexity index is 461. The highest BCUT2D eigenvalue weighted by Crippen LogP contribution is 2.11. The number of hydrogen-bond acceptors (Lipinski definition) is 5. The van der Waals surface area contributed by atoms with Gasteiger partial charge < -0.3 is 10.2 Å². The molecular weight excluding hydrogens is 256 g/mol. The normalized spacial score (nSPS) is 20.9. The van der Waals surface area contributed by atoms with Crippen molar-refractivity contribution in [1.29, 1.82) is 0 Å². The molecule has 0 aliphatic carbocycles. The highest BCUT2D eigenvalue weighted by Gasteiger charge is 2.30. The molecule has 2 aliphatic rings. The molecule has 0 saturated carbocycles. The first-order valence-corrected chi connectivity index (χ1v) is 7.43. The van der Waals surface area contributed by atoms with E-state index in [0.717, 1.165) is 57.9 Å². The van der Waals surface area contributed by atoms with Crippen LogP contribution in [0.3, 0.4) is 0 Å². The van der Waals surface area contributed by atoms with Gasteiger partial charge in [-0.05, 0) is 6.42 Å². The zero-order valence-corrected chi connectivity index (χ0v) is 11.9. The second kappa shape index (κ2) is 5.88. The predicted octanol–water partition coefficient (Wildman–Crippen LogP) is -0.513. The third-order valence-electron chi connectivity index (χ3n) is 4.09. The van der Waals surface area contributed by atoms with Crippen molar-refractivity contribution in [3.63, 3.8) is 0 Å². The molecule has 7 heteroatoms. The van der Waals surface area contributed by atoms with E-state index < -0.39 is 0 Å². The fraction of sp³-hybridized carbons (Fsp3) is 0.769. The Morgan fingerprint density at radius 2 is 2.05 bits per heavy atom. The van der Waals surface area contributed by atoms with Gasteiger partial charge >= 0.3 is 0 Å². The molecule has 2 aliphatic heterocycles. The maximum absolute atomic E-state index is 12.3. The largest absolute Gasteiger partial charge is 0.333 e. The van der Waals surface area contributed by atoms with Gasteiger partial charge in [0.25, 0.3) is 5.91 Å². The van der Waals surface area contributed by atoms with Crippen molar-refractivity contribution in [2.24, 2.45) is 0 Å². The Kier molecular flexibility index (Phi) is 3.98. The van der Waals surface area contributed by atoms with Crippen molar-refractivity contribution < 1.29 is 4.79 Å². The Morgan fingerprint density at radius 3 is 2.65 bits per heavy atom. The molecule has 2 fully saturated rings. The molecule has 2 saturated heterocycles. The second-order valence-corrected chi connectivity index (χ2v) is 5.50. The minimum atomic E-state index is -0.0463. The standard InChI is InChI=1S/C13H22N6O/c1-2-3-11-15-12(17-16-11)13(20)19-6-4-18(5-7-19)10-8-14-9-10/h10,14H,2-9H2,1H3,(H,15,16,17). The van der Waals surface area contributed by atoms with E-state index >= 15 is 0 Å². The number of piperazine rings is 1. The van der Waals surface area contributed by atoms with Crippen LogP contribution in [0.5, 0.6) is 0 Å². The van der Waals surface area contributed by atoms with Gasteiger partial charge in [-0.15, -0.1) is 5.10 Å². The van der Waals surface area contributed by atoms with E-state index in [-0.39, 0.29) is 5.91 Å². The third-order valence-corrected chi connectivity index (χ3v) is 4.09.